The van der Waals surface area contributed by atoms with Gasteiger partial charge in [-0.2, -0.15) is 0 Å². The third-order valence-corrected chi connectivity index (χ3v) is 3.29. The Morgan fingerprint density at radius 2 is 2.00 bits per heavy atom. The molecule has 0 amide bonds. The molecule has 4 nitrogen and oxygen atoms in total. The molecule has 0 aromatic carbocycles. The van der Waals surface area contributed by atoms with Crippen LogP contribution in [0.1, 0.15) is 33.6 Å². The summed E-state index contributed by atoms with van der Waals surface area (Å²) in [6.07, 6.45) is 1.27. The SMILES string of the molecule is CCOC(=O)C1(C(C)(C)O)CCNCC1. The molecule has 0 unspecified atom stereocenters. The Labute approximate surface area is 91.0 Å². The average Bonchev–Trinajstić information content (AvgIpc) is 2.17. The van der Waals surface area contributed by atoms with Gasteiger partial charge in [0, 0.05) is 0 Å². The Bertz CT molecular complexity index is 226. The Kier molecular flexibility index (Phi) is 3.73. The van der Waals surface area contributed by atoms with Crippen LogP contribution >= 0.6 is 0 Å². The van der Waals surface area contributed by atoms with E-state index < -0.39 is 11.0 Å². The molecular formula is C11H21NO3. The van der Waals surface area contributed by atoms with Gasteiger partial charge in [-0.15, -0.1) is 0 Å². The zero-order valence-corrected chi connectivity index (χ0v) is 9.80. The van der Waals surface area contributed by atoms with Crippen LogP contribution in [-0.4, -0.2) is 36.4 Å². The van der Waals surface area contributed by atoms with E-state index in [2.05, 4.69) is 5.32 Å². The number of nitrogens with one attached hydrogen (secondary N) is 1. The Balaban J connectivity index is 2.90. The third kappa shape index (κ3) is 2.32. The number of rotatable bonds is 3. The van der Waals surface area contributed by atoms with Gasteiger partial charge in [0.15, 0.2) is 0 Å². The smallest absolute Gasteiger partial charge is 0.315 e. The second kappa shape index (κ2) is 4.49. The Hall–Kier alpha value is -0.610. The summed E-state index contributed by atoms with van der Waals surface area (Å²) >= 11 is 0. The van der Waals surface area contributed by atoms with E-state index in [1.54, 1.807) is 20.8 Å². The van der Waals surface area contributed by atoms with Gasteiger partial charge in [0.1, 0.15) is 0 Å². The van der Waals surface area contributed by atoms with Crippen molar-refractivity contribution in [2.24, 2.45) is 5.41 Å². The van der Waals surface area contributed by atoms with Crippen LogP contribution in [0.25, 0.3) is 0 Å². The standard InChI is InChI=1S/C11H21NO3/c1-4-15-9(13)11(10(2,3)14)5-7-12-8-6-11/h12,14H,4-8H2,1-3H3. The number of hydrogen-bond acceptors (Lipinski definition) is 4. The largest absolute Gasteiger partial charge is 0.465 e. The first kappa shape index (κ1) is 12.5. The molecule has 2 N–H and O–H groups in total. The van der Waals surface area contributed by atoms with Crippen LogP contribution in [0, 0.1) is 5.41 Å². The Morgan fingerprint density at radius 1 is 1.47 bits per heavy atom. The highest BCUT2D eigenvalue weighted by Gasteiger charge is 2.51. The van der Waals surface area contributed by atoms with Gasteiger partial charge in [0.2, 0.25) is 0 Å². The first-order chi connectivity index (χ1) is 6.94. The maximum atomic E-state index is 12.0. The highest BCUT2D eigenvalue weighted by atomic mass is 16.5. The van der Waals surface area contributed by atoms with E-state index in [0.717, 1.165) is 13.1 Å². The lowest BCUT2D eigenvalue weighted by molar-refractivity contribution is -0.175. The van der Waals surface area contributed by atoms with Crippen molar-refractivity contribution in [3.05, 3.63) is 0 Å². The number of esters is 1. The first-order valence-electron chi connectivity index (χ1n) is 5.54. The molecule has 0 spiro atoms. The van der Waals surface area contributed by atoms with E-state index in [-0.39, 0.29) is 5.97 Å². The highest BCUT2D eigenvalue weighted by molar-refractivity contribution is 5.78. The van der Waals surface area contributed by atoms with Crippen molar-refractivity contribution in [3.63, 3.8) is 0 Å². The van der Waals surface area contributed by atoms with Gasteiger partial charge in [-0.05, 0) is 46.7 Å². The number of carbonyl (C=O) groups is 1. The molecule has 1 heterocycles. The van der Waals surface area contributed by atoms with Crippen molar-refractivity contribution in [1.82, 2.24) is 5.32 Å². The lowest BCUT2D eigenvalue weighted by atomic mass is 9.67. The summed E-state index contributed by atoms with van der Waals surface area (Å²) in [5, 5.41) is 13.4. The fraction of sp³-hybridized carbons (Fsp3) is 0.909. The molecule has 0 bridgehead atoms. The molecule has 0 radical (unpaired) electrons. The minimum atomic E-state index is -1.03. The lowest BCUT2D eigenvalue weighted by Crippen LogP contribution is -2.55. The van der Waals surface area contributed by atoms with Crippen LogP contribution in [0.5, 0.6) is 0 Å². The fourth-order valence-electron chi connectivity index (χ4n) is 2.19. The second-order valence-electron chi connectivity index (χ2n) is 4.61. The van der Waals surface area contributed by atoms with E-state index >= 15 is 0 Å². The first-order valence-corrected chi connectivity index (χ1v) is 5.54. The summed E-state index contributed by atoms with van der Waals surface area (Å²) in [5.41, 5.74) is -1.77. The minimum absolute atomic E-state index is 0.265. The molecular weight excluding hydrogens is 194 g/mol. The predicted molar refractivity (Wildman–Crippen MR) is 57.5 cm³/mol. The minimum Gasteiger partial charge on any atom is -0.465 e. The van der Waals surface area contributed by atoms with Crippen molar-refractivity contribution in [1.29, 1.82) is 0 Å². The quantitative estimate of drug-likeness (QED) is 0.680. The predicted octanol–water partition coefficient (Wildman–Crippen LogP) is 0.690. The van der Waals surface area contributed by atoms with E-state index in [9.17, 15) is 9.90 Å². The van der Waals surface area contributed by atoms with Crippen LogP contribution in [0.15, 0.2) is 0 Å². The van der Waals surface area contributed by atoms with Crippen molar-refractivity contribution in [3.8, 4) is 0 Å². The molecule has 15 heavy (non-hydrogen) atoms. The molecule has 0 aliphatic carbocycles. The summed E-state index contributed by atoms with van der Waals surface area (Å²) in [5.74, 6) is -0.265. The summed E-state index contributed by atoms with van der Waals surface area (Å²) in [7, 11) is 0. The van der Waals surface area contributed by atoms with Crippen LogP contribution in [0.4, 0.5) is 0 Å². The highest BCUT2D eigenvalue weighted by Crippen LogP contribution is 2.40. The van der Waals surface area contributed by atoms with Crippen LogP contribution in [-0.2, 0) is 9.53 Å². The summed E-state index contributed by atoms with van der Waals surface area (Å²) in [6, 6.07) is 0. The van der Waals surface area contributed by atoms with E-state index in [0.29, 0.717) is 19.4 Å². The van der Waals surface area contributed by atoms with Gasteiger partial charge in [-0.1, -0.05) is 0 Å². The zero-order valence-electron chi connectivity index (χ0n) is 9.80. The molecule has 1 fully saturated rings. The van der Waals surface area contributed by atoms with Crippen LogP contribution in [0.2, 0.25) is 0 Å². The summed E-state index contributed by atoms with van der Waals surface area (Å²) < 4.78 is 5.08. The number of ether oxygens (including phenoxy) is 1. The van der Waals surface area contributed by atoms with E-state index in [1.165, 1.54) is 0 Å². The van der Waals surface area contributed by atoms with Crippen molar-refractivity contribution < 1.29 is 14.6 Å². The topological polar surface area (TPSA) is 58.6 Å². The summed E-state index contributed by atoms with van der Waals surface area (Å²) in [6.45, 7) is 7.04. The second-order valence-corrected chi connectivity index (χ2v) is 4.61. The maximum Gasteiger partial charge on any atom is 0.315 e. The van der Waals surface area contributed by atoms with Gasteiger partial charge >= 0.3 is 5.97 Å². The molecule has 0 aromatic rings. The molecule has 1 rings (SSSR count). The third-order valence-electron chi connectivity index (χ3n) is 3.29. The van der Waals surface area contributed by atoms with E-state index in [1.807, 2.05) is 0 Å². The molecule has 4 heteroatoms. The monoisotopic (exact) mass is 215 g/mol. The van der Waals surface area contributed by atoms with Gasteiger partial charge in [0.05, 0.1) is 17.6 Å². The van der Waals surface area contributed by atoms with Gasteiger partial charge < -0.3 is 15.2 Å². The van der Waals surface area contributed by atoms with E-state index in [4.69, 9.17) is 4.74 Å². The van der Waals surface area contributed by atoms with Crippen molar-refractivity contribution in [2.45, 2.75) is 39.2 Å². The summed E-state index contributed by atoms with van der Waals surface area (Å²) in [4.78, 5) is 12.0. The molecule has 88 valence electrons. The Morgan fingerprint density at radius 3 is 2.40 bits per heavy atom. The van der Waals surface area contributed by atoms with Crippen molar-refractivity contribution in [2.75, 3.05) is 19.7 Å². The molecule has 1 aliphatic heterocycles. The van der Waals surface area contributed by atoms with Gasteiger partial charge in [0.25, 0.3) is 0 Å². The van der Waals surface area contributed by atoms with Crippen LogP contribution in [0.3, 0.4) is 0 Å². The fourth-order valence-corrected chi connectivity index (χ4v) is 2.19. The molecule has 0 aromatic heterocycles. The van der Waals surface area contributed by atoms with Gasteiger partial charge in [-0.3, -0.25) is 4.79 Å². The molecule has 1 aliphatic rings. The number of piperidine rings is 1. The number of carbonyl (C=O) groups excluding carboxylic acids is 1. The molecule has 0 atom stereocenters. The lowest BCUT2D eigenvalue weighted by Gasteiger charge is -2.43. The molecule has 1 saturated heterocycles. The number of hydrogen-bond donors (Lipinski definition) is 2. The maximum absolute atomic E-state index is 12.0. The van der Waals surface area contributed by atoms with Gasteiger partial charge in [-0.25, -0.2) is 0 Å². The van der Waals surface area contributed by atoms with Crippen molar-refractivity contribution >= 4 is 5.97 Å². The van der Waals surface area contributed by atoms with Crippen LogP contribution < -0.4 is 5.32 Å². The average molecular weight is 215 g/mol. The normalized spacial score (nSPS) is 21.1. The zero-order chi connectivity index (χ0) is 11.5. The number of aliphatic hydroxyl groups is 1. The molecule has 0 saturated carbocycles.